The van der Waals surface area contributed by atoms with Crippen LogP contribution in [0.15, 0.2) is 27.6 Å². The minimum Gasteiger partial charge on any atom is -0.377 e. The van der Waals surface area contributed by atoms with Gasteiger partial charge in [0.2, 0.25) is 10.0 Å². The van der Waals surface area contributed by atoms with Gasteiger partial charge in [-0.1, -0.05) is 6.07 Å². The second kappa shape index (κ2) is 8.24. The predicted octanol–water partition coefficient (Wildman–Crippen LogP) is 2.21. The van der Waals surface area contributed by atoms with Crippen LogP contribution < -0.4 is 5.32 Å². The van der Waals surface area contributed by atoms with E-state index >= 15 is 0 Å². The van der Waals surface area contributed by atoms with Crippen LogP contribution in [-0.2, 0) is 21.3 Å². The van der Waals surface area contributed by atoms with Crippen LogP contribution >= 0.6 is 15.9 Å². The van der Waals surface area contributed by atoms with Crippen molar-refractivity contribution in [1.82, 2.24) is 9.62 Å². The summed E-state index contributed by atoms with van der Waals surface area (Å²) in [4.78, 5) is 0.280. The highest BCUT2D eigenvalue weighted by atomic mass is 79.9. The zero-order chi connectivity index (χ0) is 16.0. The number of hydrogen-bond donors (Lipinski definition) is 1. The Morgan fingerprint density at radius 3 is 2.62 bits per heavy atom. The lowest BCUT2D eigenvalue weighted by Crippen LogP contribution is -2.31. The molecule has 0 saturated heterocycles. The summed E-state index contributed by atoms with van der Waals surface area (Å²) in [6, 6.07) is 5.34. The molecule has 0 radical (unpaired) electrons. The molecule has 0 aliphatic rings. The van der Waals surface area contributed by atoms with Crippen molar-refractivity contribution in [2.75, 3.05) is 27.2 Å². The topological polar surface area (TPSA) is 58.6 Å². The molecule has 0 saturated carbocycles. The molecule has 1 aromatic carbocycles. The van der Waals surface area contributed by atoms with E-state index in [1.807, 2.05) is 27.0 Å². The molecule has 120 valence electrons. The Morgan fingerprint density at radius 2 is 2.05 bits per heavy atom. The SMILES string of the molecule is CNCc1ccc(Br)c(S(=O)(=O)N(C)CCOC(C)C)c1. The number of likely N-dealkylation sites (N-methyl/N-ethyl adjacent to an activating group) is 1. The molecule has 0 fully saturated rings. The van der Waals surface area contributed by atoms with Gasteiger partial charge in [-0.25, -0.2) is 8.42 Å². The first-order valence-corrected chi connectivity index (χ1v) is 9.03. The standard InChI is InChI=1S/C14H23BrN2O3S/c1-11(2)20-8-7-17(4)21(18,19)14-9-12(10-16-3)5-6-13(14)15/h5-6,9,11,16H,7-8,10H2,1-4H3. The van der Waals surface area contributed by atoms with Gasteiger partial charge in [-0.3, -0.25) is 0 Å². The Kier molecular flexibility index (Phi) is 7.29. The van der Waals surface area contributed by atoms with E-state index in [4.69, 9.17) is 4.74 Å². The first-order chi connectivity index (χ1) is 9.78. The van der Waals surface area contributed by atoms with E-state index in [1.54, 1.807) is 19.2 Å². The van der Waals surface area contributed by atoms with E-state index in [-0.39, 0.29) is 11.0 Å². The van der Waals surface area contributed by atoms with Crippen molar-refractivity contribution >= 4 is 26.0 Å². The lowest BCUT2D eigenvalue weighted by atomic mass is 10.2. The average Bonchev–Trinajstić information content (AvgIpc) is 2.40. The summed E-state index contributed by atoms with van der Waals surface area (Å²) in [7, 11) is -0.139. The zero-order valence-corrected chi connectivity index (χ0v) is 15.3. The zero-order valence-electron chi connectivity index (χ0n) is 12.9. The minimum absolute atomic E-state index is 0.0896. The van der Waals surface area contributed by atoms with Crippen LogP contribution in [0.4, 0.5) is 0 Å². The number of benzene rings is 1. The van der Waals surface area contributed by atoms with Crippen molar-refractivity contribution in [2.45, 2.75) is 31.4 Å². The van der Waals surface area contributed by atoms with E-state index in [0.29, 0.717) is 24.2 Å². The third kappa shape index (κ3) is 5.34. The first-order valence-electron chi connectivity index (χ1n) is 6.80. The van der Waals surface area contributed by atoms with Crippen molar-refractivity contribution < 1.29 is 13.2 Å². The molecular weight excluding hydrogens is 356 g/mol. The molecule has 0 aromatic heterocycles. The number of sulfonamides is 1. The van der Waals surface area contributed by atoms with Gasteiger partial charge in [-0.05, 0) is 54.5 Å². The van der Waals surface area contributed by atoms with Gasteiger partial charge in [0, 0.05) is 24.6 Å². The summed E-state index contributed by atoms with van der Waals surface area (Å²) in [5, 5.41) is 3.01. The fourth-order valence-electron chi connectivity index (χ4n) is 1.76. The molecule has 1 N–H and O–H groups in total. The van der Waals surface area contributed by atoms with Crippen molar-refractivity contribution in [3.05, 3.63) is 28.2 Å². The van der Waals surface area contributed by atoms with Crippen LogP contribution in [0, 0.1) is 0 Å². The molecule has 0 unspecified atom stereocenters. The maximum atomic E-state index is 12.6. The van der Waals surface area contributed by atoms with Crippen molar-refractivity contribution in [2.24, 2.45) is 0 Å². The molecule has 0 amide bonds. The quantitative estimate of drug-likeness (QED) is 0.753. The maximum absolute atomic E-state index is 12.6. The molecular formula is C14H23BrN2O3S. The minimum atomic E-state index is -3.53. The molecule has 21 heavy (non-hydrogen) atoms. The largest absolute Gasteiger partial charge is 0.377 e. The molecule has 0 atom stereocenters. The lowest BCUT2D eigenvalue weighted by Gasteiger charge is -2.19. The molecule has 0 spiro atoms. The van der Waals surface area contributed by atoms with E-state index in [9.17, 15) is 8.42 Å². The Labute approximate surface area is 135 Å². The monoisotopic (exact) mass is 378 g/mol. The normalized spacial score (nSPS) is 12.3. The molecule has 0 aliphatic carbocycles. The third-order valence-corrected chi connectivity index (χ3v) is 5.77. The van der Waals surface area contributed by atoms with E-state index in [1.165, 1.54) is 4.31 Å². The highest BCUT2D eigenvalue weighted by Gasteiger charge is 2.23. The van der Waals surface area contributed by atoms with E-state index in [0.717, 1.165) is 5.56 Å². The summed E-state index contributed by atoms with van der Waals surface area (Å²) in [6.45, 7) is 5.17. The Hall–Kier alpha value is -0.470. The summed E-state index contributed by atoms with van der Waals surface area (Å²) >= 11 is 3.32. The number of hydrogen-bond acceptors (Lipinski definition) is 4. The van der Waals surface area contributed by atoms with Crippen LogP contribution in [0.25, 0.3) is 0 Å². The second-order valence-corrected chi connectivity index (χ2v) is 7.91. The van der Waals surface area contributed by atoms with E-state index < -0.39 is 10.0 Å². The van der Waals surface area contributed by atoms with Crippen molar-refractivity contribution in [3.63, 3.8) is 0 Å². The lowest BCUT2D eigenvalue weighted by molar-refractivity contribution is 0.0737. The summed E-state index contributed by atoms with van der Waals surface area (Å²) in [6.07, 6.45) is 0.0896. The van der Waals surface area contributed by atoms with Crippen LogP contribution in [0.5, 0.6) is 0 Å². The van der Waals surface area contributed by atoms with Crippen molar-refractivity contribution in [3.8, 4) is 0 Å². The third-order valence-electron chi connectivity index (χ3n) is 2.92. The Morgan fingerprint density at radius 1 is 1.38 bits per heavy atom. The van der Waals surface area contributed by atoms with Gasteiger partial charge in [-0.2, -0.15) is 4.31 Å². The number of halogens is 1. The first kappa shape index (κ1) is 18.6. The summed E-state index contributed by atoms with van der Waals surface area (Å²) in [5.74, 6) is 0. The van der Waals surface area contributed by atoms with Crippen molar-refractivity contribution in [1.29, 1.82) is 0 Å². The molecule has 5 nitrogen and oxygen atoms in total. The Balaban J connectivity index is 2.93. The van der Waals surface area contributed by atoms with E-state index in [2.05, 4.69) is 21.2 Å². The second-order valence-electron chi connectivity index (χ2n) is 5.04. The Bertz CT molecular complexity index is 561. The number of rotatable bonds is 8. The number of nitrogens with one attached hydrogen (secondary N) is 1. The molecule has 0 bridgehead atoms. The maximum Gasteiger partial charge on any atom is 0.244 e. The molecule has 0 aliphatic heterocycles. The molecule has 1 rings (SSSR count). The summed E-state index contributed by atoms with van der Waals surface area (Å²) < 4.78 is 32.5. The van der Waals surface area contributed by atoms with Gasteiger partial charge >= 0.3 is 0 Å². The van der Waals surface area contributed by atoms with Crippen LogP contribution in [0.3, 0.4) is 0 Å². The van der Waals surface area contributed by atoms with Gasteiger partial charge < -0.3 is 10.1 Å². The van der Waals surface area contributed by atoms with Gasteiger partial charge in [0.15, 0.2) is 0 Å². The number of nitrogens with zero attached hydrogens (tertiary/aromatic N) is 1. The highest BCUT2D eigenvalue weighted by Crippen LogP contribution is 2.25. The van der Waals surface area contributed by atoms with Gasteiger partial charge in [0.25, 0.3) is 0 Å². The molecule has 1 aromatic rings. The number of ether oxygens (including phenoxy) is 1. The smallest absolute Gasteiger partial charge is 0.244 e. The fourth-order valence-corrected chi connectivity index (χ4v) is 3.89. The fraction of sp³-hybridized carbons (Fsp3) is 0.571. The van der Waals surface area contributed by atoms with Crippen LogP contribution in [0.2, 0.25) is 0 Å². The van der Waals surface area contributed by atoms with Crippen LogP contribution in [0.1, 0.15) is 19.4 Å². The van der Waals surface area contributed by atoms with Gasteiger partial charge in [0.1, 0.15) is 0 Å². The predicted molar refractivity (Wildman–Crippen MR) is 87.8 cm³/mol. The van der Waals surface area contributed by atoms with Crippen LogP contribution in [-0.4, -0.2) is 46.1 Å². The van der Waals surface area contributed by atoms with Gasteiger partial charge in [0.05, 0.1) is 17.6 Å². The molecule has 0 heterocycles. The molecule has 7 heteroatoms. The average molecular weight is 379 g/mol. The highest BCUT2D eigenvalue weighted by molar-refractivity contribution is 9.10. The summed E-state index contributed by atoms with van der Waals surface area (Å²) in [5.41, 5.74) is 0.922. The van der Waals surface area contributed by atoms with Gasteiger partial charge in [-0.15, -0.1) is 0 Å².